The fourth-order valence-corrected chi connectivity index (χ4v) is 3.60. The molecule has 0 atom stereocenters. The van der Waals surface area contributed by atoms with Crippen LogP contribution in [0, 0.1) is 0 Å². The Morgan fingerprint density at radius 2 is 1.63 bits per heavy atom. The minimum Gasteiger partial charge on any atom is -0.338 e. The van der Waals surface area contributed by atoms with Gasteiger partial charge in [0.2, 0.25) is 0 Å². The third-order valence-electron chi connectivity index (χ3n) is 3.90. The van der Waals surface area contributed by atoms with Crippen molar-refractivity contribution in [3.63, 3.8) is 0 Å². The van der Waals surface area contributed by atoms with Crippen LogP contribution in [0.25, 0.3) is 10.8 Å². The number of hydrogen-bond acceptors (Lipinski definition) is 6. The Bertz CT molecular complexity index is 1170. The second-order valence-corrected chi connectivity index (χ2v) is 7.43. The van der Waals surface area contributed by atoms with Gasteiger partial charge in [-0.3, -0.25) is 4.72 Å². The van der Waals surface area contributed by atoms with Crippen molar-refractivity contribution >= 4 is 38.1 Å². The number of anilines is 3. The van der Waals surface area contributed by atoms with Crippen molar-refractivity contribution in [3.8, 4) is 0 Å². The normalized spacial score (nSPS) is 11.3. The second-order valence-electron chi connectivity index (χ2n) is 5.75. The molecule has 0 bridgehead atoms. The Balaban J connectivity index is 1.57. The molecule has 4 aromatic rings. The quantitative estimate of drug-likeness (QED) is 0.552. The molecule has 0 saturated heterocycles. The first kappa shape index (κ1) is 16.9. The molecular formula is C19H15N5O2S. The molecule has 2 N–H and O–H groups in total. The lowest BCUT2D eigenvalue weighted by Crippen LogP contribution is -2.13. The number of fused-ring (bicyclic) bond motifs is 1. The van der Waals surface area contributed by atoms with Crippen LogP contribution in [0.5, 0.6) is 0 Å². The zero-order valence-corrected chi connectivity index (χ0v) is 14.9. The number of aromatic nitrogens is 3. The molecule has 0 radical (unpaired) electrons. The van der Waals surface area contributed by atoms with Gasteiger partial charge < -0.3 is 5.32 Å². The summed E-state index contributed by atoms with van der Waals surface area (Å²) in [6.45, 7) is 0. The predicted molar refractivity (Wildman–Crippen MR) is 104 cm³/mol. The van der Waals surface area contributed by atoms with E-state index in [0.717, 1.165) is 10.8 Å². The van der Waals surface area contributed by atoms with Crippen LogP contribution >= 0.6 is 0 Å². The SMILES string of the molecule is O=S(=O)(Nc1ccccn1)c1ccc(Nc2nncc3ccccc23)cc1. The van der Waals surface area contributed by atoms with Crippen LogP contribution < -0.4 is 10.0 Å². The molecule has 0 amide bonds. The number of rotatable bonds is 5. The van der Waals surface area contributed by atoms with E-state index in [4.69, 9.17) is 0 Å². The summed E-state index contributed by atoms with van der Waals surface area (Å²) in [5, 5.41) is 13.2. The zero-order valence-electron chi connectivity index (χ0n) is 14.1. The molecule has 4 rings (SSSR count). The van der Waals surface area contributed by atoms with Gasteiger partial charge in [0.05, 0.1) is 11.1 Å². The number of sulfonamides is 1. The highest BCUT2D eigenvalue weighted by Crippen LogP contribution is 2.24. The number of pyridine rings is 1. The Morgan fingerprint density at radius 1 is 0.852 bits per heavy atom. The standard InChI is InChI=1S/C19H15N5O2S/c25-27(26,24-18-7-3-4-12-20-18)16-10-8-15(9-11-16)22-19-17-6-2-1-5-14(17)13-21-23-19/h1-13H,(H,20,24)(H,22,23). The van der Waals surface area contributed by atoms with Gasteiger partial charge in [-0.05, 0) is 36.4 Å². The van der Waals surface area contributed by atoms with Crippen molar-refractivity contribution in [3.05, 3.63) is 79.1 Å². The summed E-state index contributed by atoms with van der Waals surface area (Å²) in [5.41, 5.74) is 0.706. The van der Waals surface area contributed by atoms with E-state index in [0.29, 0.717) is 11.5 Å². The van der Waals surface area contributed by atoms with Crippen LogP contribution in [0.2, 0.25) is 0 Å². The molecule has 27 heavy (non-hydrogen) atoms. The first-order chi connectivity index (χ1) is 13.1. The van der Waals surface area contributed by atoms with Crippen molar-refractivity contribution < 1.29 is 8.42 Å². The van der Waals surface area contributed by atoms with Gasteiger partial charge in [-0.1, -0.05) is 30.3 Å². The minimum absolute atomic E-state index is 0.141. The van der Waals surface area contributed by atoms with Gasteiger partial charge in [0, 0.05) is 22.7 Å². The largest absolute Gasteiger partial charge is 0.338 e. The molecule has 0 unspecified atom stereocenters. The number of nitrogens with one attached hydrogen (secondary N) is 2. The molecular weight excluding hydrogens is 362 g/mol. The minimum atomic E-state index is -3.71. The molecule has 0 fully saturated rings. The van der Waals surface area contributed by atoms with Gasteiger partial charge >= 0.3 is 0 Å². The van der Waals surface area contributed by atoms with E-state index < -0.39 is 10.0 Å². The molecule has 2 heterocycles. The highest BCUT2D eigenvalue weighted by atomic mass is 32.2. The van der Waals surface area contributed by atoms with Crippen LogP contribution in [0.1, 0.15) is 0 Å². The maximum atomic E-state index is 12.5. The highest BCUT2D eigenvalue weighted by molar-refractivity contribution is 7.92. The first-order valence-electron chi connectivity index (χ1n) is 8.13. The van der Waals surface area contributed by atoms with Gasteiger partial charge in [0.15, 0.2) is 5.82 Å². The average Bonchev–Trinajstić information content (AvgIpc) is 2.69. The second kappa shape index (κ2) is 7.00. The lowest BCUT2D eigenvalue weighted by atomic mass is 10.2. The van der Waals surface area contributed by atoms with E-state index in [1.54, 1.807) is 36.5 Å². The van der Waals surface area contributed by atoms with Crippen molar-refractivity contribution in [1.29, 1.82) is 0 Å². The molecule has 8 heteroatoms. The lowest BCUT2D eigenvalue weighted by molar-refractivity contribution is 0.601. The average molecular weight is 377 g/mol. The topological polar surface area (TPSA) is 96.9 Å². The van der Waals surface area contributed by atoms with Crippen molar-refractivity contribution in [2.45, 2.75) is 4.90 Å². The van der Waals surface area contributed by atoms with Gasteiger partial charge in [0.1, 0.15) is 5.82 Å². The van der Waals surface area contributed by atoms with Crippen LogP contribution in [-0.2, 0) is 10.0 Å². The number of benzene rings is 2. The summed E-state index contributed by atoms with van der Waals surface area (Å²) >= 11 is 0. The van der Waals surface area contributed by atoms with Crippen molar-refractivity contribution in [1.82, 2.24) is 15.2 Å². The van der Waals surface area contributed by atoms with E-state index in [1.165, 1.54) is 18.3 Å². The molecule has 0 saturated carbocycles. The molecule has 7 nitrogen and oxygen atoms in total. The molecule has 2 aromatic heterocycles. The smallest absolute Gasteiger partial charge is 0.263 e. The van der Waals surface area contributed by atoms with E-state index in [-0.39, 0.29) is 10.7 Å². The number of nitrogens with zero attached hydrogens (tertiary/aromatic N) is 3. The third-order valence-corrected chi connectivity index (χ3v) is 5.27. The van der Waals surface area contributed by atoms with Crippen molar-refractivity contribution in [2.24, 2.45) is 0 Å². The molecule has 2 aromatic carbocycles. The van der Waals surface area contributed by atoms with Crippen LogP contribution in [0.15, 0.2) is 84.0 Å². The van der Waals surface area contributed by atoms with Crippen LogP contribution in [0.3, 0.4) is 0 Å². The third kappa shape index (κ3) is 3.70. The van der Waals surface area contributed by atoms with Crippen LogP contribution in [-0.4, -0.2) is 23.6 Å². The molecule has 0 aliphatic rings. The predicted octanol–water partition coefficient (Wildman–Crippen LogP) is 3.57. The maximum absolute atomic E-state index is 12.5. The van der Waals surface area contributed by atoms with E-state index in [9.17, 15) is 8.42 Å². The summed E-state index contributed by atoms with van der Waals surface area (Å²) in [4.78, 5) is 4.12. The highest BCUT2D eigenvalue weighted by Gasteiger charge is 2.14. The van der Waals surface area contributed by atoms with Gasteiger partial charge in [0.25, 0.3) is 10.0 Å². The fraction of sp³-hybridized carbons (Fsp3) is 0. The molecule has 0 spiro atoms. The number of hydrogen-bond donors (Lipinski definition) is 2. The summed E-state index contributed by atoms with van der Waals surface area (Å²) in [5.74, 6) is 0.876. The summed E-state index contributed by atoms with van der Waals surface area (Å²) in [6.07, 6.45) is 3.22. The van der Waals surface area contributed by atoms with Gasteiger partial charge in [-0.2, -0.15) is 5.10 Å². The molecule has 0 aliphatic carbocycles. The maximum Gasteiger partial charge on any atom is 0.263 e. The van der Waals surface area contributed by atoms with Crippen molar-refractivity contribution in [2.75, 3.05) is 10.0 Å². The Labute approximate surface area is 156 Å². The van der Waals surface area contributed by atoms with Gasteiger partial charge in [-0.15, -0.1) is 5.10 Å². The van der Waals surface area contributed by atoms with E-state index >= 15 is 0 Å². The summed E-state index contributed by atoms with van der Waals surface area (Å²) < 4.78 is 27.4. The Kier molecular flexibility index (Phi) is 4.39. The molecule has 0 aliphatic heterocycles. The first-order valence-corrected chi connectivity index (χ1v) is 9.61. The zero-order chi connectivity index (χ0) is 18.7. The van der Waals surface area contributed by atoms with Gasteiger partial charge in [-0.25, -0.2) is 13.4 Å². The summed E-state index contributed by atoms with van der Waals surface area (Å²) in [6, 6.07) is 19.2. The molecule has 134 valence electrons. The van der Waals surface area contributed by atoms with E-state index in [2.05, 4.69) is 25.2 Å². The summed E-state index contributed by atoms with van der Waals surface area (Å²) in [7, 11) is -3.71. The Hall–Kier alpha value is -3.52. The van der Waals surface area contributed by atoms with E-state index in [1.807, 2.05) is 24.3 Å². The fourth-order valence-electron chi connectivity index (χ4n) is 2.59. The van der Waals surface area contributed by atoms with Crippen LogP contribution in [0.4, 0.5) is 17.3 Å². The lowest BCUT2D eigenvalue weighted by Gasteiger charge is -2.10. The monoisotopic (exact) mass is 377 g/mol. The Morgan fingerprint density at radius 3 is 2.41 bits per heavy atom.